The molecule has 2 aromatic rings. The number of amides is 2. The molecule has 1 aliphatic carbocycles. The van der Waals surface area contributed by atoms with Crippen molar-refractivity contribution in [2.75, 3.05) is 20.3 Å². The van der Waals surface area contributed by atoms with Crippen molar-refractivity contribution in [3.63, 3.8) is 0 Å². The minimum atomic E-state index is -1.18. The van der Waals surface area contributed by atoms with Crippen LogP contribution in [0.1, 0.15) is 88.7 Å². The van der Waals surface area contributed by atoms with Crippen LogP contribution in [0.15, 0.2) is 48.0 Å². The maximum atomic E-state index is 14.0. The average Bonchev–Trinajstić information content (AvgIpc) is 3.07. The monoisotopic (exact) mass is 784 g/mol. The second-order valence-corrected chi connectivity index (χ2v) is 13.6. The Kier molecular flexibility index (Phi) is 17.3. The summed E-state index contributed by atoms with van der Waals surface area (Å²) in [5, 5.41) is 34.1. The smallest absolute Gasteiger partial charge is 0.247 e. The van der Waals surface area contributed by atoms with Crippen LogP contribution in [0.2, 0.25) is 5.02 Å². The Morgan fingerprint density at radius 2 is 1.66 bits per heavy atom. The Hall–Kier alpha value is -2.38. The molecule has 3 unspecified atom stereocenters. The van der Waals surface area contributed by atoms with Crippen molar-refractivity contribution in [2.45, 2.75) is 109 Å². The van der Waals surface area contributed by atoms with Gasteiger partial charge in [0.05, 0.1) is 29.9 Å². The summed E-state index contributed by atoms with van der Waals surface area (Å²) in [6.45, 7) is 2.09. The minimum Gasteiger partial charge on any atom is -0.493 e. The Labute approximate surface area is 297 Å². The number of halogens is 2. The van der Waals surface area contributed by atoms with E-state index in [9.17, 15) is 24.9 Å². The molecule has 0 radical (unpaired) electrons. The van der Waals surface area contributed by atoms with E-state index < -0.39 is 24.2 Å². The van der Waals surface area contributed by atoms with Gasteiger partial charge in [0.1, 0.15) is 12.2 Å². The summed E-state index contributed by atoms with van der Waals surface area (Å²) in [4.78, 5) is 28.8. The molecule has 11 heteroatoms. The molecule has 0 bridgehead atoms. The maximum Gasteiger partial charge on any atom is 0.247 e. The summed E-state index contributed by atoms with van der Waals surface area (Å²) in [6.07, 6.45) is 9.99. The molecule has 9 nitrogen and oxygen atoms in total. The number of unbranched alkanes of at least 4 members (excludes halogenated alkanes) is 8. The number of aliphatic hydroxyl groups excluding tert-OH is 3. The van der Waals surface area contributed by atoms with E-state index in [0.717, 1.165) is 31.2 Å². The second-order valence-electron chi connectivity index (χ2n) is 12.0. The van der Waals surface area contributed by atoms with Crippen molar-refractivity contribution in [3.05, 3.63) is 67.8 Å². The van der Waals surface area contributed by atoms with Gasteiger partial charge in [0.25, 0.3) is 0 Å². The van der Waals surface area contributed by atoms with E-state index in [2.05, 4.69) is 34.8 Å². The molecule has 2 amide bonds. The largest absolute Gasteiger partial charge is 0.493 e. The van der Waals surface area contributed by atoms with Crippen molar-refractivity contribution in [2.24, 2.45) is 0 Å². The average molecular weight is 785 g/mol. The highest BCUT2D eigenvalue weighted by Crippen LogP contribution is 2.37. The molecule has 3 rings (SSSR count). The topological polar surface area (TPSA) is 129 Å². The van der Waals surface area contributed by atoms with Crippen molar-refractivity contribution in [3.8, 4) is 11.5 Å². The fourth-order valence-electron chi connectivity index (χ4n) is 5.80. The van der Waals surface area contributed by atoms with E-state index in [-0.39, 0.29) is 38.6 Å². The van der Waals surface area contributed by atoms with Gasteiger partial charge >= 0.3 is 0 Å². The highest BCUT2D eigenvalue weighted by molar-refractivity contribution is 14.1. The summed E-state index contributed by atoms with van der Waals surface area (Å²) < 4.78 is 12.6. The fourth-order valence-corrected chi connectivity index (χ4v) is 6.72. The van der Waals surface area contributed by atoms with Crippen LogP contribution in [0.3, 0.4) is 0 Å². The van der Waals surface area contributed by atoms with Crippen LogP contribution in [-0.2, 0) is 22.7 Å². The molecule has 1 aliphatic rings. The summed E-state index contributed by atoms with van der Waals surface area (Å²) >= 11 is 8.22. The Balaban J connectivity index is 1.87. The van der Waals surface area contributed by atoms with Crippen LogP contribution in [-0.4, -0.2) is 70.5 Å². The molecule has 0 aliphatic heterocycles. The van der Waals surface area contributed by atoms with Crippen molar-refractivity contribution in [1.82, 2.24) is 10.2 Å². The van der Waals surface area contributed by atoms with Crippen LogP contribution < -0.4 is 14.8 Å². The van der Waals surface area contributed by atoms with E-state index >= 15 is 0 Å². The van der Waals surface area contributed by atoms with Gasteiger partial charge in [0, 0.05) is 36.5 Å². The number of nitrogens with one attached hydrogen (secondary N) is 1. The zero-order chi connectivity index (χ0) is 34.2. The molecule has 47 heavy (non-hydrogen) atoms. The lowest BCUT2D eigenvalue weighted by Crippen LogP contribution is -2.54. The van der Waals surface area contributed by atoms with Crippen molar-refractivity contribution >= 4 is 46.0 Å². The summed E-state index contributed by atoms with van der Waals surface area (Å²) in [6, 6.07) is 9.87. The first-order valence-corrected chi connectivity index (χ1v) is 18.1. The van der Waals surface area contributed by atoms with Gasteiger partial charge in [0.15, 0.2) is 11.5 Å². The Bertz CT molecular complexity index is 1310. The molecular formula is C36H50ClIN2O7. The van der Waals surface area contributed by atoms with Gasteiger partial charge in [-0.1, -0.05) is 82.0 Å². The number of rotatable bonds is 20. The number of hydrogen-bond acceptors (Lipinski definition) is 7. The zero-order valence-corrected chi connectivity index (χ0v) is 30.5. The Morgan fingerprint density at radius 3 is 2.28 bits per heavy atom. The molecule has 2 aromatic carbocycles. The van der Waals surface area contributed by atoms with Crippen molar-refractivity contribution < 1.29 is 34.4 Å². The Morgan fingerprint density at radius 1 is 1.00 bits per heavy atom. The van der Waals surface area contributed by atoms with Gasteiger partial charge in [-0.25, -0.2) is 0 Å². The molecule has 0 fully saturated rings. The summed E-state index contributed by atoms with van der Waals surface area (Å²) in [7, 11) is 1.49. The lowest BCUT2D eigenvalue weighted by Gasteiger charge is -2.41. The number of benzene rings is 2. The molecule has 0 spiro atoms. The number of methoxy groups -OCH3 is 1. The number of hydrogen-bond donors (Lipinski definition) is 4. The number of nitrogens with zero attached hydrogens (tertiary/aromatic N) is 1. The third-order valence-corrected chi connectivity index (χ3v) is 9.47. The molecule has 0 heterocycles. The molecular weight excluding hydrogens is 735 g/mol. The third kappa shape index (κ3) is 12.2. The van der Waals surface area contributed by atoms with E-state index in [1.165, 1.54) is 39.2 Å². The highest BCUT2D eigenvalue weighted by Gasteiger charge is 2.41. The summed E-state index contributed by atoms with van der Waals surface area (Å²) in [5.41, 5.74) is 1.82. The number of ether oxygens (including phenoxy) is 2. The molecule has 0 saturated carbocycles. The lowest BCUT2D eigenvalue weighted by molar-refractivity contribution is -0.139. The van der Waals surface area contributed by atoms with E-state index in [0.29, 0.717) is 37.6 Å². The predicted molar refractivity (Wildman–Crippen MR) is 192 cm³/mol. The zero-order valence-electron chi connectivity index (χ0n) is 27.6. The number of carbonyl (C=O) groups is 2. The van der Waals surface area contributed by atoms with Gasteiger partial charge in [-0.05, 0) is 70.5 Å². The van der Waals surface area contributed by atoms with E-state index in [1.807, 2.05) is 12.1 Å². The normalized spacial score (nSPS) is 17.6. The van der Waals surface area contributed by atoms with Gasteiger partial charge in [-0.2, -0.15) is 0 Å². The molecule has 4 N–H and O–H groups in total. The molecule has 3 atom stereocenters. The number of carbonyl (C=O) groups excluding carboxylic acids is 2. The van der Waals surface area contributed by atoms with Crippen LogP contribution in [0.5, 0.6) is 11.5 Å². The van der Waals surface area contributed by atoms with Crippen molar-refractivity contribution in [1.29, 1.82) is 0 Å². The lowest BCUT2D eigenvalue weighted by atomic mass is 9.87. The molecule has 0 aromatic heterocycles. The highest BCUT2D eigenvalue weighted by atomic mass is 127. The van der Waals surface area contributed by atoms with Gasteiger partial charge in [-0.15, -0.1) is 0 Å². The SMILES string of the molecule is CCCCCCCCCCCC(=O)N(Cc1ccc(Cl)cc1)C1CC(C(=O)NCCO)=CC(Oc2c(I)cc(CO)cc2OC)C1O. The van der Waals surface area contributed by atoms with Crippen LogP contribution in [0, 0.1) is 3.57 Å². The first-order chi connectivity index (χ1) is 22.7. The summed E-state index contributed by atoms with van der Waals surface area (Å²) in [5.74, 6) is 0.211. The third-order valence-electron chi connectivity index (χ3n) is 8.42. The molecule has 0 saturated heterocycles. The predicted octanol–water partition coefficient (Wildman–Crippen LogP) is 6.31. The quantitative estimate of drug-likeness (QED) is 0.0916. The maximum absolute atomic E-state index is 14.0. The van der Waals surface area contributed by atoms with Crippen LogP contribution >= 0.6 is 34.2 Å². The minimum absolute atomic E-state index is 0.0648. The van der Waals surface area contributed by atoms with Gasteiger partial charge < -0.3 is 35.0 Å². The van der Waals surface area contributed by atoms with E-state index in [4.69, 9.17) is 21.1 Å². The molecule has 260 valence electrons. The number of aliphatic hydroxyl groups is 3. The first kappa shape index (κ1) is 39.1. The van der Waals surface area contributed by atoms with Gasteiger partial charge in [-0.3, -0.25) is 9.59 Å². The standard InChI is InChI=1S/C36H50ClIN2O7/c1-3-4-5-6-7-8-9-10-11-12-33(43)40(23-25-13-15-28(37)16-14-25)30-21-27(36(45)39-17-18-41)22-31(34(30)44)47-35-29(38)19-26(24-42)20-32(35)46-2/h13-16,19-20,22,30-31,34,41-42,44H,3-12,17-18,21,23-24H2,1-2H3,(H,39,45). The van der Waals surface area contributed by atoms with Crippen LogP contribution in [0.25, 0.3) is 0 Å². The fraction of sp³-hybridized carbons (Fsp3) is 0.556. The van der Waals surface area contributed by atoms with E-state index in [1.54, 1.807) is 35.2 Å². The van der Waals surface area contributed by atoms with Crippen LogP contribution in [0.4, 0.5) is 0 Å². The first-order valence-electron chi connectivity index (χ1n) is 16.7. The van der Waals surface area contributed by atoms with Gasteiger partial charge in [0.2, 0.25) is 11.8 Å². The second kappa shape index (κ2) is 20.9.